The van der Waals surface area contributed by atoms with Crippen LogP contribution in [0.5, 0.6) is 0 Å². The summed E-state index contributed by atoms with van der Waals surface area (Å²) in [5, 5.41) is 12.8. The molecule has 2 rings (SSSR count). The van der Waals surface area contributed by atoms with Gasteiger partial charge in [0.2, 0.25) is 0 Å². The molecule has 3 N–H and O–H groups in total. The zero-order valence-electron chi connectivity index (χ0n) is 14.8. The molecule has 1 fully saturated rings. The third kappa shape index (κ3) is 4.02. The van der Waals surface area contributed by atoms with Crippen molar-refractivity contribution in [1.82, 2.24) is 20.8 Å². The van der Waals surface area contributed by atoms with Gasteiger partial charge in [-0.2, -0.15) is 5.10 Å². The Kier molecular flexibility index (Phi) is 6.51. The van der Waals surface area contributed by atoms with Gasteiger partial charge in [-0.3, -0.25) is 9.59 Å². The van der Waals surface area contributed by atoms with Crippen LogP contribution in [0.2, 0.25) is 0 Å². The molecule has 0 radical (unpaired) electrons. The van der Waals surface area contributed by atoms with Gasteiger partial charge < -0.3 is 15.4 Å². The van der Waals surface area contributed by atoms with Crippen LogP contribution < -0.4 is 16.2 Å². The number of methoxy groups -OCH3 is 1. The minimum Gasteiger partial charge on any atom is -0.384 e. The average Bonchev–Trinajstić information content (AvgIpc) is 2.60. The highest BCUT2D eigenvalue weighted by molar-refractivity contribution is 5.95. The van der Waals surface area contributed by atoms with Crippen molar-refractivity contribution in [2.75, 3.05) is 33.4 Å². The first-order valence-electron chi connectivity index (χ1n) is 8.65. The Labute approximate surface area is 142 Å². The minimum absolute atomic E-state index is 0.0740. The van der Waals surface area contributed by atoms with Gasteiger partial charge in [0.15, 0.2) is 0 Å². The number of rotatable bonds is 7. The fraction of sp³-hybridized carbons (Fsp3) is 0.706. The van der Waals surface area contributed by atoms with Crippen molar-refractivity contribution in [3.05, 3.63) is 27.2 Å². The molecule has 1 aliphatic rings. The lowest BCUT2D eigenvalue weighted by Crippen LogP contribution is -2.48. The predicted octanol–water partition coefficient (Wildman–Crippen LogP) is 0.641. The van der Waals surface area contributed by atoms with Crippen LogP contribution in [0.15, 0.2) is 4.79 Å². The van der Waals surface area contributed by atoms with E-state index in [0.717, 1.165) is 37.2 Å². The van der Waals surface area contributed by atoms with E-state index in [1.165, 1.54) is 0 Å². The number of hydrogen-bond donors (Lipinski definition) is 3. The first kappa shape index (κ1) is 18.6. The number of carbonyl (C=O) groups excluding carboxylic acids is 1. The number of aryl methyl sites for hydroxylation is 1. The predicted molar refractivity (Wildman–Crippen MR) is 92.4 cm³/mol. The van der Waals surface area contributed by atoms with Gasteiger partial charge in [0.25, 0.3) is 11.5 Å². The van der Waals surface area contributed by atoms with Gasteiger partial charge in [-0.05, 0) is 44.3 Å². The Morgan fingerprint density at radius 3 is 2.58 bits per heavy atom. The molecule has 1 saturated heterocycles. The molecule has 7 heteroatoms. The van der Waals surface area contributed by atoms with E-state index in [1.54, 1.807) is 7.11 Å². The molecule has 0 aromatic carbocycles. The van der Waals surface area contributed by atoms with Gasteiger partial charge in [0, 0.05) is 19.1 Å². The lowest BCUT2D eigenvalue weighted by atomic mass is 9.79. The van der Waals surface area contributed by atoms with E-state index in [2.05, 4.69) is 20.8 Å². The second-order valence-electron chi connectivity index (χ2n) is 6.43. The topological polar surface area (TPSA) is 96.1 Å². The van der Waals surface area contributed by atoms with Crippen molar-refractivity contribution < 1.29 is 9.53 Å². The second kappa shape index (κ2) is 8.39. The van der Waals surface area contributed by atoms with Gasteiger partial charge in [-0.15, -0.1) is 0 Å². The SMILES string of the molecule is CCc1n[nH]c(=O)c(C(=O)NCC2(COC)CCNCC2)c1CC. The molecule has 1 aliphatic heterocycles. The Bertz CT molecular complexity index is 615. The number of hydrogen-bond acceptors (Lipinski definition) is 5. The number of amides is 1. The van der Waals surface area contributed by atoms with Gasteiger partial charge in [-0.25, -0.2) is 5.10 Å². The molecule has 0 atom stereocenters. The van der Waals surface area contributed by atoms with Gasteiger partial charge in [0.05, 0.1) is 12.3 Å². The number of ether oxygens (including phenoxy) is 1. The number of aromatic nitrogens is 2. The van der Waals surface area contributed by atoms with E-state index in [4.69, 9.17) is 4.74 Å². The highest BCUT2D eigenvalue weighted by Crippen LogP contribution is 2.28. The summed E-state index contributed by atoms with van der Waals surface area (Å²) < 4.78 is 5.37. The number of carbonyl (C=O) groups is 1. The molecule has 0 saturated carbocycles. The normalized spacial score (nSPS) is 16.8. The Morgan fingerprint density at radius 2 is 2.00 bits per heavy atom. The van der Waals surface area contributed by atoms with E-state index in [0.29, 0.717) is 26.0 Å². The molecule has 7 nitrogen and oxygen atoms in total. The third-order valence-corrected chi connectivity index (χ3v) is 4.82. The van der Waals surface area contributed by atoms with Crippen molar-refractivity contribution in [3.8, 4) is 0 Å². The van der Waals surface area contributed by atoms with Crippen LogP contribution in [-0.4, -0.2) is 49.5 Å². The highest BCUT2D eigenvalue weighted by atomic mass is 16.5. The summed E-state index contributed by atoms with van der Waals surface area (Å²) in [7, 11) is 1.68. The van der Waals surface area contributed by atoms with Crippen LogP contribution in [-0.2, 0) is 17.6 Å². The van der Waals surface area contributed by atoms with Gasteiger partial charge >= 0.3 is 0 Å². The summed E-state index contributed by atoms with van der Waals surface area (Å²) in [6.07, 6.45) is 3.17. The summed E-state index contributed by atoms with van der Waals surface area (Å²) >= 11 is 0. The van der Waals surface area contributed by atoms with Crippen molar-refractivity contribution in [2.24, 2.45) is 5.41 Å². The fourth-order valence-electron chi connectivity index (χ4n) is 3.43. The highest BCUT2D eigenvalue weighted by Gasteiger charge is 2.33. The quantitative estimate of drug-likeness (QED) is 0.679. The first-order chi connectivity index (χ1) is 11.6. The van der Waals surface area contributed by atoms with E-state index in [9.17, 15) is 9.59 Å². The van der Waals surface area contributed by atoms with Crippen LogP contribution in [0, 0.1) is 5.41 Å². The maximum Gasteiger partial charge on any atom is 0.277 e. The van der Waals surface area contributed by atoms with Gasteiger partial charge in [0.1, 0.15) is 5.56 Å². The van der Waals surface area contributed by atoms with Crippen molar-refractivity contribution >= 4 is 5.91 Å². The van der Waals surface area contributed by atoms with Crippen LogP contribution >= 0.6 is 0 Å². The number of piperidine rings is 1. The largest absolute Gasteiger partial charge is 0.384 e. The van der Waals surface area contributed by atoms with Crippen LogP contribution in [0.25, 0.3) is 0 Å². The Morgan fingerprint density at radius 1 is 1.29 bits per heavy atom. The Balaban J connectivity index is 2.19. The third-order valence-electron chi connectivity index (χ3n) is 4.82. The number of H-pyrrole nitrogens is 1. The maximum atomic E-state index is 12.7. The van der Waals surface area contributed by atoms with Crippen molar-refractivity contribution in [2.45, 2.75) is 39.5 Å². The van der Waals surface area contributed by atoms with E-state index < -0.39 is 5.56 Å². The zero-order valence-corrected chi connectivity index (χ0v) is 14.8. The average molecular weight is 336 g/mol. The minimum atomic E-state index is -0.423. The summed E-state index contributed by atoms with van der Waals surface area (Å²) in [5.41, 5.74) is 1.22. The molecule has 134 valence electrons. The molecule has 0 bridgehead atoms. The standard InChI is InChI=1S/C17H28N4O3/c1-4-12-13(5-2)20-21-16(23)14(12)15(22)19-10-17(11-24-3)6-8-18-9-7-17/h18H,4-11H2,1-3H3,(H,19,22)(H,21,23). The van der Waals surface area contributed by atoms with E-state index in [1.807, 2.05) is 13.8 Å². The number of aromatic amines is 1. The number of nitrogens with zero attached hydrogens (tertiary/aromatic N) is 1. The fourth-order valence-corrected chi connectivity index (χ4v) is 3.43. The molecule has 1 aromatic rings. The Hall–Kier alpha value is -1.73. The second-order valence-corrected chi connectivity index (χ2v) is 6.43. The molecular weight excluding hydrogens is 308 g/mol. The summed E-state index contributed by atoms with van der Waals surface area (Å²) in [5.74, 6) is -0.320. The van der Waals surface area contributed by atoms with Crippen molar-refractivity contribution in [1.29, 1.82) is 0 Å². The molecule has 2 heterocycles. The smallest absolute Gasteiger partial charge is 0.277 e. The molecule has 1 aromatic heterocycles. The lowest BCUT2D eigenvalue weighted by molar-refractivity contribution is 0.0511. The summed E-state index contributed by atoms with van der Waals surface area (Å²) in [6.45, 7) is 6.83. The molecule has 0 spiro atoms. The van der Waals surface area contributed by atoms with Gasteiger partial charge in [-0.1, -0.05) is 13.8 Å². The van der Waals surface area contributed by atoms with Crippen LogP contribution in [0.1, 0.15) is 48.3 Å². The monoisotopic (exact) mass is 336 g/mol. The van der Waals surface area contributed by atoms with E-state index in [-0.39, 0.29) is 16.9 Å². The van der Waals surface area contributed by atoms with Crippen molar-refractivity contribution in [3.63, 3.8) is 0 Å². The molecular formula is C17H28N4O3. The summed E-state index contributed by atoms with van der Waals surface area (Å²) in [4.78, 5) is 24.8. The molecule has 1 amide bonds. The first-order valence-corrected chi connectivity index (χ1v) is 8.65. The lowest BCUT2D eigenvalue weighted by Gasteiger charge is -2.37. The van der Waals surface area contributed by atoms with Crippen LogP contribution in [0.3, 0.4) is 0 Å². The zero-order chi connectivity index (χ0) is 17.6. The summed E-state index contributed by atoms with van der Waals surface area (Å²) in [6, 6.07) is 0. The molecule has 0 unspecified atom stereocenters. The molecule has 0 aliphatic carbocycles. The van der Waals surface area contributed by atoms with Crippen LogP contribution in [0.4, 0.5) is 0 Å². The molecule has 24 heavy (non-hydrogen) atoms. The maximum absolute atomic E-state index is 12.7. The number of nitrogens with one attached hydrogen (secondary N) is 3. The van der Waals surface area contributed by atoms with E-state index >= 15 is 0 Å².